The molecule has 0 atom stereocenters. The SMILES string of the molecule is NCCCCCCNc1ccnc(C(N)=O)c1. The fourth-order valence-corrected chi connectivity index (χ4v) is 1.53. The minimum atomic E-state index is -0.503. The number of rotatable bonds is 8. The largest absolute Gasteiger partial charge is 0.385 e. The molecule has 0 radical (unpaired) electrons. The molecule has 94 valence electrons. The van der Waals surface area contributed by atoms with E-state index in [0.29, 0.717) is 0 Å². The molecule has 0 aromatic carbocycles. The van der Waals surface area contributed by atoms with Crippen LogP contribution in [-0.2, 0) is 0 Å². The fraction of sp³-hybridized carbons (Fsp3) is 0.500. The molecule has 0 fully saturated rings. The van der Waals surface area contributed by atoms with E-state index in [2.05, 4.69) is 10.3 Å². The van der Waals surface area contributed by atoms with Crippen LogP contribution >= 0.6 is 0 Å². The van der Waals surface area contributed by atoms with Crippen LogP contribution in [0.2, 0.25) is 0 Å². The van der Waals surface area contributed by atoms with Gasteiger partial charge in [0, 0.05) is 18.4 Å². The second-order valence-electron chi connectivity index (χ2n) is 3.92. The van der Waals surface area contributed by atoms with Crippen molar-refractivity contribution in [2.75, 3.05) is 18.4 Å². The first-order valence-corrected chi connectivity index (χ1v) is 5.94. The third kappa shape index (κ3) is 5.31. The van der Waals surface area contributed by atoms with E-state index in [-0.39, 0.29) is 5.69 Å². The van der Waals surface area contributed by atoms with Crippen molar-refractivity contribution >= 4 is 11.6 Å². The maximum absolute atomic E-state index is 10.9. The number of carbonyl (C=O) groups is 1. The Morgan fingerprint density at radius 1 is 1.29 bits per heavy atom. The molecular formula is C12H20N4O. The molecule has 5 heteroatoms. The summed E-state index contributed by atoms with van der Waals surface area (Å²) in [5.74, 6) is -0.503. The predicted octanol–water partition coefficient (Wildman–Crippen LogP) is 1.11. The highest BCUT2D eigenvalue weighted by Gasteiger charge is 2.02. The molecule has 0 bridgehead atoms. The van der Waals surface area contributed by atoms with Crippen LogP contribution in [0, 0.1) is 0 Å². The average Bonchev–Trinajstić information content (AvgIpc) is 2.34. The number of pyridine rings is 1. The number of hydrogen-bond donors (Lipinski definition) is 3. The summed E-state index contributed by atoms with van der Waals surface area (Å²) in [4.78, 5) is 14.8. The van der Waals surface area contributed by atoms with E-state index in [1.807, 2.05) is 6.07 Å². The first-order valence-electron chi connectivity index (χ1n) is 5.94. The maximum atomic E-state index is 10.9. The average molecular weight is 236 g/mol. The van der Waals surface area contributed by atoms with Crippen LogP contribution in [-0.4, -0.2) is 24.0 Å². The lowest BCUT2D eigenvalue weighted by Gasteiger charge is -2.06. The Labute approximate surface area is 102 Å². The number of anilines is 1. The monoisotopic (exact) mass is 236 g/mol. The van der Waals surface area contributed by atoms with Gasteiger partial charge < -0.3 is 16.8 Å². The Morgan fingerprint density at radius 2 is 2.06 bits per heavy atom. The molecule has 0 aliphatic carbocycles. The van der Waals surface area contributed by atoms with E-state index in [0.717, 1.165) is 38.0 Å². The lowest BCUT2D eigenvalue weighted by molar-refractivity contribution is 0.0995. The molecule has 1 amide bonds. The number of hydrogen-bond acceptors (Lipinski definition) is 4. The van der Waals surface area contributed by atoms with Crippen LogP contribution in [0.4, 0.5) is 5.69 Å². The van der Waals surface area contributed by atoms with E-state index < -0.39 is 5.91 Å². The molecule has 0 saturated heterocycles. The highest BCUT2D eigenvalue weighted by atomic mass is 16.1. The molecule has 1 aromatic heterocycles. The summed E-state index contributed by atoms with van der Waals surface area (Å²) in [6.45, 7) is 1.65. The van der Waals surface area contributed by atoms with Crippen molar-refractivity contribution in [2.45, 2.75) is 25.7 Å². The summed E-state index contributed by atoms with van der Waals surface area (Å²) in [6.07, 6.45) is 6.09. The van der Waals surface area contributed by atoms with Crippen LogP contribution in [0.15, 0.2) is 18.3 Å². The summed E-state index contributed by atoms with van der Waals surface area (Å²) < 4.78 is 0. The molecule has 1 aromatic rings. The van der Waals surface area contributed by atoms with Gasteiger partial charge in [-0.05, 0) is 31.5 Å². The third-order valence-electron chi connectivity index (χ3n) is 2.47. The van der Waals surface area contributed by atoms with Gasteiger partial charge in [-0.3, -0.25) is 9.78 Å². The standard InChI is InChI=1S/C12H20N4O/c13-6-3-1-2-4-7-15-10-5-8-16-11(9-10)12(14)17/h5,8-9H,1-4,6-7,13H2,(H2,14,17)(H,15,16). The van der Waals surface area contributed by atoms with Gasteiger partial charge in [0.05, 0.1) is 0 Å². The number of carbonyl (C=O) groups excluding carboxylic acids is 1. The summed E-state index contributed by atoms with van der Waals surface area (Å²) in [5, 5.41) is 3.24. The van der Waals surface area contributed by atoms with Gasteiger partial charge in [-0.25, -0.2) is 0 Å². The highest BCUT2D eigenvalue weighted by Crippen LogP contribution is 2.08. The van der Waals surface area contributed by atoms with Crippen LogP contribution in [0.5, 0.6) is 0 Å². The van der Waals surface area contributed by atoms with Crippen molar-refractivity contribution in [3.63, 3.8) is 0 Å². The molecule has 1 heterocycles. The van der Waals surface area contributed by atoms with Crippen molar-refractivity contribution in [1.29, 1.82) is 0 Å². The van der Waals surface area contributed by atoms with E-state index >= 15 is 0 Å². The van der Waals surface area contributed by atoms with Crippen LogP contribution < -0.4 is 16.8 Å². The first kappa shape index (κ1) is 13.4. The molecule has 0 saturated carbocycles. The van der Waals surface area contributed by atoms with Gasteiger partial charge in [-0.1, -0.05) is 12.8 Å². The Hall–Kier alpha value is -1.62. The zero-order chi connectivity index (χ0) is 12.5. The van der Waals surface area contributed by atoms with Crippen LogP contribution in [0.25, 0.3) is 0 Å². The van der Waals surface area contributed by atoms with Gasteiger partial charge in [0.1, 0.15) is 5.69 Å². The van der Waals surface area contributed by atoms with Crippen LogP contribution in [0.1, 0.15) is 36.2 Å². The molecule has 5 nitrogen and oxygen atoms in total. The van der Waals surface area contributed by atoms with Crippen molar-refractivity contribution < 1.29 is 4.79 Å². The van der Waals surface area contributed by atoms with E-state index in [9.17, 15) is 4.79 Å². The number of nitrogens with one attached hydrogen (secondary N) is 1. The van der Waals surface area contributed by atoms with Crippen molar-refractivity contribution in [3.8, 4) is 0 Å². The van der Waals surface area contributed by atoms with Gasteiger partial charge in [0.15, 0.2) is 0 Å². The first-order chi connectivity index (χ1) is 8.24. The van der Waals surface area contributed by atoms with Gasteiger partial charge >= 0.3 is 0 Å². The zero-order valence-electron chi connectivity index (χ0n) is 9.98. The summed E-state index contributed by atoms with van der Waals surface area (Å²) in [5.41, 5.74) is 11.7. The highest BCUT2D eigenvalue weighted by molar-refractivity contribution is 5.91. The smallest absolute Gasteiger partial charge is 0.267 e. The zero-order valence-corrected chi connectivity index (χ0v) is 9.98. The molecule has 0 aliphatic rings. The third-order valence-corrected chi connectivity index (χ3v) is 2.47. The van der Waals surface area contributed by atoms with E-state index in [4.69, 9.17) is 11.5 Å². The number of nitrogens with zero attached hydrogens (tertiary/aromatic N) is 1. The van der Waals surface area contributed by atoms with Crippen molar-refractivity contribution in [1.82, 2.24) is 4.98 Å². The lowest BCUT2D eigenvalue weighted by Crippen LogP contribution is -2.13. The topological polar surface area (TPSA) is 94.0 Å². The maximum Gasteiger partial charge on any atom is 0.267 e. The lowest BCUT2D eigenvalue weighted by atomic mass is 10.2. The molecule has 0 unspecified atom stereocenters. The number of primary amides is 1. The summed E-state index contributed by atoms with van der Waals surface area (Å²) in [7, 11) is 0. The summed E-state index contributed by atoms with van der Waals surface area (Å²) in [6, 6.07) is 3.49. The van der Waals surface area contributed by atoms with E-state index in [1.165, 1.54) is 6.42 Å². The minimum absolute atomic E-state index is 0.290. The van der Waals surface area contributed by atoms with Gasteiger partial charge in [0.2, 0.25) is 0 Å². The van der Waals surface area contributed by atoms with Gasteiger partial charge in [0.25, 0.3) is 5.91 Å². The molecular weight excluding hydrogens is 216 g/mol. The Balaban J connectivity index is 2.27. The molecule has 17 heavy (non-hydrogen) atoms. The van der Waals surface area contributed by atoms with E-state index in [1.54, 1.807) is 12.3 Å². The van der Waals surface area contributed by atoms with Crippen molar-refractivity contribution in [3.05, 3.63) is 24.0 Å². The molecule has 5 N–H and O–H groups in total. The number of amides is 1. The van der Waals surface area contributed by atoms with Crippen LogP contribution in [0.3, 0.4) is 0 Å². The van der Waals surface area contributed by atoms with Crippen molar-refractivity contribution in [2.24, 2.45) is 11.5 Å². The van der Waals surface area contributed by atoms with Gasteiger partial charge in [-0.2, -0.15) is 0 Å². The molecule has 1 rings (SSSR count). The quantitative estimate of drug-likeness (QED) is 0.589. The summed E-state index contributed by atoms with van der Waals surface area (Å²) >= 11 is 0. The predicted molar refractivity (Wildman–Crippen MR) is 68.8 cm³/mol. The molecule has 0 spiro atoms. The number of unbranched alkanes of at least 4 members (excludes halogenated alkanes) is 3. The molecule has 0 aliphatic heterocycles. The number of aromatic nitrogens is 1. The Morgan fingerprint density at radius 3 is 2.76 bits per heavy atom. The number of nitrogens with two attached hydrogens (primary N) is 2. The Kier molecular flexibility index (Phi) is 6.03. The second-order valence-corrected chi connectivity index (χ2v) is 3.92. The van der Waals surface area contributed by atoms with Gasteiger partial charge in [-0.15, -0.1) is 0 Å². The normalized spacial score (nSPS) is 10.2. The fourth-order valence-electron chi connectivity index (χ4n) is 1.53. The Bertz CT molecular complexity index is 354. The second kappa shape index (κ2) is 7.62. The minimum Gasteiger partial charge on any atom is -0.385 e.